The molecule has 4 unspecified atom stereocenters. The molecule has 9 N–H and O–H groups in total. The molecule has 1 aromatic heterocycles. The van der Waals surface area contributed by atoms with Crippen LogP contribution in [0.4, 0.5) is 0 Å². The predicted octanol–water partition coefficient (Wildman–Crippen LogP) is -2.62. The number of primary amides is 1. The summed E-state index contributed by atoms with van der Waals surface area (Å²) >= 11 is 5.39. The molecule has 4 amide bonds. The quantitative estimate of drug-likeness (QED) is 0.117. The summed E-state index contributed by atoms with van der Waals surface area (Å²) in [7, 11) is 0. The van der Waals surface area contributed by atoms with Gasteiger partial charge in [0.1, 0.15) is 18.1 Å². The fourth-order valence-electron chi connectivity index (χ4n) is 2.62. The van der Waals surface area contributed by atoms with Crippen molar-refractivity contribution in [3.05, 3.63) is 18.2 Å². The van der Waals surface area contributed by atoms with Crippen LogP contribution in [0.25, 0.3) is 0 Å². The highest BCUT2D eigenvalue weighted by Crippen LogP contribution is 2.04. The number of amides is 4. The van der Waals surface area contributed by atoms with E-state index in [0.29, 0.717) is 17.9 Å². The van der Waals surface area contributed by atoms with E-state index in [1.807, 2.05) is 6.26 Å². The van der Waals surface area contributed by atoms with Gasteiger partial charge in [-0.3, -0.25) is 19.2 Å². The molecule has 1 heterocycles. The Morgan fingerprint density at radius 1 is 1.12 bits per heavy atom. The molecule has 1 aromatic rings. The number of aromatic nitrogens is 2. The number of imidazole rings is 1. The Morgan fingerprint density at radius 3 is 2.24 bits per heavy atom. The molecule has 15 heteroatoms. The number of H-pyrrole nitrogens is 1. The van der Waals surface area contributed by atoms with E-state index in [9.17, 15) is 24.0 Å². The molecule has 0 spiro atoms. The molecule has 0 saturated carbocycles. The van der Waals surface area contributed by atoms with Crippen LogP contribution in [-0.4, -0.2) is 86.6 Å². The van der Waals surface area contributed by atoms with Crippen molar-refractivity contribution >= 4 is 54.0 Å². The van der Waals surface area contributed by atoms with Crippen LogP contribution < -0.4 is 27.4 Å². The van der Waals surface area contributed by atoms with E-state index < -0.39 is 60.2 Å². The SMILES string of the molecule is CSCCC(N)C(=O)NC(CC(N)=O)C(=O)NC(Cc1cnc[nH]1)C(=O)NC(CS)C(=O)O. The van der Waals surface area contributed by atoms with Crippen molar-refractivity contribution in [1.29, 1.82) is 0 Å². The molecule has 0 saturated heterocycles. The molecule has 0 bridgehead atoms. The van der Waals surface area contributed by atoms with Gasteiger partial charge in [0.25, 0.3) is 0 Å². The topological polar surface area (TPSA) is 222 Å². The maximum Gasteiger partial charge on any atom is 0.327 e. The van der Waals surface area contributed by atoms with Crippen LogP contribution in [-0.2, 0) is 30.4 Å². The number of thiol groups is 1. The summed E-state index contributed by atoms with van der Waals surface area (Å²) in [6.45, 7) is 0. The van der Waals surface area contributed by atoms with Crippen molar-refractivity contribution < 1.29 is 29.1 Å². The Hall–Kier alpha value is -2.78. The van der Waals surface area contributed by atoms with Crippen molar-refractivity contribution in [2.45, 2.75) is 43.4 Å². The zero-order chi connectivity index (χ0) is 25.0. The van der Waals surface area contributed by atoms with Crippen LogP contribution in [0.1, 0.15) is 18.5 Å². The van der Waals surface area contributed by atoms with Gasteiger partial charge in [0.15, 0.2) is 0 Å². The number of hydrogen-bond acceptors (Lipinski definition) is 9. The van der Waals surface area contributed by atoms with Gasteiger partial charge in [0.2, 0.25) is 23.6 Å². The third-order valence-corrected chi connectivity index (χ3v) is 5.43. The van der Waals surface area contributed by atoms with Gasteiger partial charge in [-0.15, -0.1) is 0 Å². The second-order valence-corrected chi connectivity index (χ2v) is 8.39. The van der Waals surface area contributed by atoms with Gasteiger partial charge in [-0.1, -0.05) is 0 Å². The van der Waals surface area contributed by atoms with E-state index in [-0.39, 0.29) is 12.2 Å². The molecule has 1 rings (SSSR count). The highest BCUT2D eigenvalue weighted by molar-refractivity contribution is 7.98. The number of aromatic amines is 1. The van der Waals surface area contributed by atoms with Crippen molar-refractivity contribution in [2.75, 3.05) is 17.8 Å². The van der Waals surface area contributed by atoms with E-state index >= 15 is 0 Å². The largest absolute Gasteiger partial charge is 0.480 e. The summed E-state index contributed by atoms with van der Waals surface area (Å²) in [4.78, 5) is 67.2. The van der Waals surface area contributed by atoms with Crippen LogP contribution in [0.3, 0.4) is 0 Å². The number of aliphatic carboxylic acids is 1. The lowest BCUT2D eigenvalue weighted by Crippen LogP contribution is -2.58. The third kappa shape index (κ3) is 10.1. The van der Waals surface area contributed by atoms with Gasteiger partial charge in [-0.2, -0.15) is 24.4 Å². The van der Waals surface area contributed by atoms with Crippen LogP contribution >= 0.6 is 24.4 Å². The summed E-state index contributed by atoms with van der Waals surface area (Å²) in [5.41, 5.74) is 11.5. The molecular weight excluding hydrogens is 474 g/mol. The first-order valence-electron chi connectivity index (χ1n) is 9.83. The van der Waals surface area contributed by atoms with Gasteiger partial charge in [0, 0.05) is 24.1 Å². The number of carbonyl (C=O) groups is 5. The third-order valence-electron chi connectivity index (χ3n) is 4.42. The minimum atomic E-state index is -1.38. The summed E-state index contributed by atoms with van der Waals surface area (Å²) in [5, 5.41) is 16.3. The summed E-state index contributed by atoms with van der Waals surface area (Å²) in [5.74, 6) is -4.05. The monoisotopic (exact) mass is 503 g/mol. The smallest absolute Gasteiger partial charge is 0.327 e. The lowest BCUT2D eigenvalue weighted by molar-refractivity contribution is -0.141. The zero-order valence-corrected chi connectivity index (χ0v) is 19.7. The number of nitrogens with one attached hydrogen (secondary N) is 4. The van der Waals surface area contributed by atoms with E-state index in [4.69, 9.17) is 16.6 Å². The van der Waals surface area contributed by atoms with Gasteiger partial charge < -0.3 is 37.5 Å². The van der Waals surface area contributed by atoms with Gasteiger partial charge in [-0.05, 0) is 18.4 Å². The number of nitrogens with zero attached hydrogens (tertiary/aromatic N) is 1. The molecule has 0 aliphatic carbocycles. The summed E-state index contributed by atoms with van der Waals surface area (Å²) < 4.78 is 0. The molecule has 33 heavy (non-hydrogen) atoms. The average Bonchev–Trinajstić information content (AvgIpc) is 3.27. The Balaban J connectivity index is 3.00. The lowest BCUT2D eigenvalue weighted by Gasteiger charge is -2.24. The standard InChI is InChI=1S/C18H29N7O6S2/c1-33-3-2-10(19)15(27)23-12(5-14(20)26)17(29)24-11(4-9-6-21-8-22-9)16(28)25-13(7-32)18(30)31/h6,8,10-13,32H,2-5,7,19H2,1H3,(H2,20,26)(H,21,22)(H,23,27)(H,24,29)(H,25,28)(H,30,31). The van der Waals surface area contributed by atoms with Crippen molar-refractivity contribution in [3.8, 4) is 0 Å². The molecule has 0 aliphatic rings. The van der Waals surface area contributed by atoms with E-state index in [1.165, 1.54) is 24.3 Å². The molecule has 0 fully saturated rings. The second-order valence-electron chi connectivity index (χ2n) is 7.04. The number of carbonyl (C=O) groups excluding carboxylic acids is 4. The Bertz CT molecular complexity index is 823. The Labute approximate surface area is 200 Å². The molecule has 4 atom stereocenters. The first-order valence-corrected chi connectivity index (χ1v) is 11.9. The maximum atomic E-state index is 12.9. The minimum absolute atomic E-state index is 0.0685. The maximum absolute atomic E-state index is 12.9. The molecule has 0 aliphatic heterocycles. The molecule has 184 valence electrons. The highest BCUT2D eigenvalue weighted by Gasteiger charge is 2.31. The first kappa shape index (κ1) is 28.3. The fourth-order valence-corrected chi connectivity index (χ4v) is 3.36. The number of carboxylic acids is 1. The summed E-state index contributed by atoms with van der Waals surface area (Å²) in [6, 6.07) is -4.83. The van der Waals surface area contributed by atoms with Crippen LogP contribution in [0.2, 0.25) is 0 Å². The molecule has 0 aromatic carbocycles. The summed E-state index contributed by atoms with van der Waals surface area (Å²) in [6.07, 6.45) is 4.39. The van der Waals surface area contributed by atoms with Crippen LogP contribution in [0.5, 0.6) is 0 Å². The first-order chi connectivity index (χ1) is 15.6. The second kappa shape index (κ2) is 14.4. The van der Waals surface area contributed by atoms with Gasteiger partial charge >= 0.3 is 5.97 Å². The minimum Gasteiger partial charge on any atom is -0.480 e. The fraction of sp³-hybridized carbons (Fsp3) is 0.556. The number of hydrogen-bond donors (Lipinski definition) is 8. The van der Waals surface area contributed by atoms with E-state index in [2.05, 4.69) is 38.5 Å². The van der Waals surface area contributed by atoms with Crippen molar-refractivity contribution in [1.82, 2.24) is 25.9 Å². The average molecular weight is 504 g/mol. The Kier molecular flexibility index (Phi) is 12.3. The number of thioether (sulfide) groups is 1. The predicted molar refractivity (Wildman–Crippen MR) is 124 cm³/mol. The van der Waals surface area contributed by atoms with Gasteiger partial charge in [-0.25, -0.2) is 9.78 Å². The van der Waals surface area contributed by atoms with E-state index in [1.54, 1.807) is 0 Å². The van der Waals surface area contributed by atoms with Crippen LogP contribution in [0, 0.1) is 0 Å². The highest BCUT2D eigenvalue weighted by atomic mass is 32.2. The number of rotatable bonds is 15. The molecule has 0 radical (unpaired) electrons. The van der Waals surface area contributed by atoms with Crippen LogP contribution in [0.15, 0.2) is 12.5 Å². The number of carboxylic acid groups (broad SMARTS) is 1. The normalized spacial score (nSPS) is 14.4. The zero-order valence-electron chi connectivity index (χ0n) is 17.9. The molecular formula is C18H29N7O6S2. The van der Waals surface area contributed by atoms with E-state index in [0.717, 1.165) is 0 Å². The van der Waals surface area contributed by atoms with Gasteiger partial charge in [0.05, 0.1) is 18.8 Å². The number of nitrogens with two attached hydrogens (primary N) is 2. The lowest BCUT2D eigenvalue weighted by atomic mass is 10.1. The van der Waals surface area contributed by atoms with Crippen molar-refractivity contribution in [3.63, 3.8) is 0 Å². The molecule has 13 nitrogen and oxygen atoms in total. The van der Waals surface area contributed by atoms with Crippen molar-refractivity contribution in [2.24, 2.45) is 11.5 Å². The Morgan fingerprint density at radius 2 is 1.73 bits per heavy atom.